The van der Waals surface area contributed by atoms with E-state index in [1.807, 2.05) is 6.92 Å². The first-order valence-corrected chi connectivity index (χ1v) is 7.25. The van der Waals surface area contributed by atoms with Crippen molar-refractivity contribution in [1.82, 2.24) is 10.6 Å². The predicted molar refractivity (Wildman–Crippen MR) is 80.7 cm³/mol. The standard InChI is InChI=1S/C14H28N2O2.ClH/c1-4-18-13(11(2)3)7-10-16-14(17)12-5-8-15-9-6-12;/h11-13,15H,4-10H2,1-3H3,(H,16,17);1H. The summed E-state index contributed by atoms with van der Waals surface area (Å²) < 4.78 is 5.67. The maximum Gasteiger partial charge on any atom is 0.223 e. The largest absolute Gasteiger partial charge is 0.378 e. The fourth-order valence-electron chi connectivity index (χ4n) is 2.39. The summed E-state index contributed by atoms with van der Waals surface area (Å²) in [6, 6.07) is 0. The van der Waals surface area contributed by atoms with Crippen LogP contribution in [0, 0.1) is 11.8 Å². The van der Waals surface area contributed by atoms with Crippen LogP contribution in [0.3, 0.4) is 0 Å². The molecule has 1 aliphatic rings. The molecule has 1 aliphatic heterocycles. The molecule has 4 nitrogen and oxygen atoms in total. The summed E-state index contributed by atoms with van der Waals surface area (Å²) in [4.78, 5) is 11.9. The summed E-state index contributed by atoms with van der Waals surface area (Å²) in [5, 5.41) is 6.32. The third kappa shape index (κ3) is 7.14. The average molecular weight is 293 g/mol. The predicted octanol–water partition coefficient (Wildman–Crippen LogP) is 1.98. The molecule has 0 bridgehead atoms. The van der Waals surface area contributed by atoms with Crippen molar-refractivity contribution in [1.29, 1.82) is 0 Å². The maximum absolute atomic E-state index is 11.9. The second kappa shape index (κ2) is 10.5. The summed E-state index contributed by atoms with van der Waals surface area (Å²) >= 11 is 0. The molecular formula is C14H29ClN2O2. The number of rotatable bonds is 7. The van der Waals surface area contributed by atoms with Gasteiger partial charge >= 0.3 is 0 Å². The first-order chi connectivity index (χ1) is 8.65. The van der Waals surface area contributed by atoms with Crippen molar-refractivity contribution < 1.29 is 9.53 Å². The number of hydrogen-bond acceptors (Lipinski definition) is 3. The van der Waals surface area contributed by atoms with Crippen LogP contribution in [0.15, 0.2) is 0 Å². The van der Waals surface area contributed by atoms with Crippen LogP contribution in [0.4, 0.5) is 0 Å². The molecule has 19 heavy (non-hydrogen) atoms. The summed E-state index contributed by atoms with van der Waals surface area (Å²) in [5.41, 5.74) is 0. The van der Waals surface area contributed by atoms with Crippen molar-refractivity contribution in [3.05, 3.63) is 0 Å². The lowest BCUT2D eigenvalue weighted by atomic mass is 9.97. The van der Waals surface area contributed by atoms with Gasteiger partial charge in [-0.3, -0.25) is 4.79 Å². The third-order valence-electron chi connectivity index (χ3n) is 3.56. The molecule has 0 saturated carbocycles. The van der Waals surface area contributed by atoms with Gasteiger partial charge in [-0.05, 0) is 45.2 Å². The minimum Gasteiger partial charge on any atom is -0.378 e. The van der Waals surface area contributed by atoms with Crippen LogP contribution in [0.1, 0.15) is 40.0 Å². The van der Waals surface area contributed by atoms with Gasteiger partial charge in [-0.25, -0.2) is 0 Å². The van der Waals surface area contributed by atoms with E-state index >= 15 is 0 Å². The molecule has 0 aromatic carbocycles. The Balaban J connectivity index is 0.00000324. The fourth-order valence-corrected chi connectivity index (χ4v) is 2.39. The number of hydrogen-bond donors (Lipinski definition) is 2. The first kappa shape index (κ1) is 18.7. The van der Waals surface area contributed by atoms with Gasteiger partial charge in [0.2, 0.25) is 5.91 Å². The van der Waals surface area contributed by atoms with Crippen LogP contribution >= 0.6 is 12.4 Å². The number of carbonyl (C=O) groups excluding carboxylic acids is 1. The lowest BCUT2D eigenvalue weighted by Gasteiger charge is -2.24. The minimum absolute atomic E-state index is 0. The molecule has 1 rings (SSSR count). The number of amides is 1. The van der Waals surface area contributed by atoms with Crippen LogP contribution in [0.5, 0.6) is 0 Å². The number of ether oxygens (including phenoxy) is 1. The quantitative estimate of drug-likeness (QED) is 0.754. The van der Waals surface area contributed by atoms with E-state index in [-0.39, 0.29) is 30.3 Å². The summed E-state index contributed by atoms with van der Waals surface area (Å²) in [5.74, 6) is 0.923. The zero-order valence-electron chi connectivity index (χ0n) is 12.4. The number of piperidine rings is 1. The molecule has 5 heteroatoms. The van der Waals surface area contributed by atoms with Gasteiger partial charge in [0.05, 0.1) is 6.10 Å². The second-order valence-corrected chi connectivity index (χ2v) is 5.34. The molecule has 1 unspecified atom stereocenters. The molecule has 1 saturated heterocycles. The topological polar surface area (TPSA) is 50.4 Å². The summed E-state index contributed by atoms with van der Waals surface area (Å²) in [6.45, 7) is 9.74. The molecule has 1 fully saturated rings. The Morgan fingerprint density at radius 2 is 2.00 bits per heavy atom. The van der Waals surface area contributed by atoms with Gasteiger partial charge in [-0.15, -0.1) is 12.4 Å². The van der Waals surface area contributed by atoms with Crippen LogP contribution in [0.25, 0.3) is 0 Å². The first-order valence-electron chi connectivity index (χ1n) is 7.25. The Morgan fingerprint density at radius 3 is 2.53 bits per heavy atom. The van der Waals surface area contributed by atoms with Crippen molar-refractivity contribution in [2.75, 3.05) is 26.2 Å². The Kier molecular flexibility index (Phi) is 10.3. The molecule has 2 N–H and O–H groups in total. The highest BCUT2D eigenvalue weighted by molar-refractivity contribution is 5.85. The molecule has 0 aromatic rings. The van der Waals surface area contributed by atoms with Crippen molar-refractivity contribution in [3.63, 3.8) is 0 Å². The monoisotopic (exact) mass is 292 g/mol. The van der Waals surface area contributed by atoms with Gasteiger partial charge in [-0.1, -0.05) is 13.8 Å². The Hall–Kier alpha value is -0.320. The lowest BCUT2D eigenvalue weighted by Crippen LogP contribution is -2.39. The zero-order chi connectivity index (χ0) is 13.4. The minimum atomic E-state index is 0. The molecule has 1 atom stereocenters. The van der Waals surface area contributed by atoms with Crippen LogP contribution in [-0.4, -0.2) is 38.3 Å². The zero-order valence-corrected chi connectivity index (χ0v) is 13.2. The Morgan fingerprint density at radius 1 is 1.37 bits per heavy atom. The molecule has 0 spiro atoms. The van der Waals surface area contributed by atoms with Gasteiger partial charge in [-0.2, -0.15) is 0 Å². The van der Waals surface area contributed by atoms with Gasteiger partial charge in [0.1, 0.15) is 0 Å². The fraction of sp³-hybridized carbons (Fsp3) is 0.929. The number of nitrogens with one attached hydrogen (secondary N) is 2. The number of halogens is 1. The van der Waals surface area contributed by atoms with Crippen molar-refractivity contribution in [2.45, 2.75) is 46.1 Å². The van der Waals surface area contributed by atoms with E-state index in [9.17, 15) is 4.79 Å². The molecule has 0 aliphatic carbocycles. The van der Waals surface area contributed by atoms with E-state index in [0.717, 1.165) is 45.5 Å². The van der Waals surface area contributed by atoms with Crippen LogP contribution < -0.4 is 10.6 Å². The SMILES string of the molecule is CCOC(CCNC(=O)C1CCNCC1)C(C)C.Cl. The molecule has 0 aromatic heterocycles. The third-order valence-corrected chi connectivity index (χ3v) is 3.56. The van der Waals surface area contributed by atoms with E-state index in [0.29, 0.717) is 5.92 Å². The highest BCUT2D eigenvalue weighted by atomic mass is 35.5. The maximum atomic E-state index is 11.9. The van der Waals surface area contributed by atoms with Gasteiger partial charge < -0.3 is 15.4 Å². The van der Waals surface area contributed by atoms with Crippen molar-refractivity contribution in [3.8, 4) is 0 Å². The Bertz CT molecular complexity index is 244. The lowest BCUT2D eigenvalue weighted by molar-refractivity contribution is -0.125. The smallest absolute Gasteiger partial charge is 0.223 e. The van der Waals surface area contributed by atoms with Crippen molar-refractivity contribution in [2.24, 2.45) is 11.8 Å². The molecule has 1 amide bonds. The molecule has 114 valence electrons. The van der Waals surface area contributed by atoms with Gasteiger partial charge in [0, 0.05) is 19.1 Å². The summed E-state index contributed by atoms with van der Waals surface area (Å²) in [6.07, 6.45) is 3.08. The average Bonchev–Trinajstić information content (AvgIpc) is 2.38. The second-order valence-electron chi connectivity index (χ2n) is 5.34. The van der Waals surface area contributed by atoms with Crippen LogP contribution in [0.2, 0.25) is 0 Å². The molecule has 0 radical (unpaired) electrons. The highest BCUT2D eigenvalue weighted by Crippen LogP contribution is 2.13. The van der Waals surface area contributed by atoms with Crippen LogP contribution in [-0.2, 0) is 9.53 Å². The highest BCUT2D eigenvalue weighted by Gasteiger charge is 2.21. The summed E-state index contributed by atoms with van der Waals surface area (Å²) in [7, 11) is 0. The van der Waals surface area contributed by atoms with Gasteiger partial charge in [0.25, 0.3) is 0 Å². The Labute approximate surface area is 123 Å². The van der Waals surface area contributed by atoms with E-state index in [1.54, 1.807) is 0 Å². The van der Waals surface area contributed by atoms with E-state index in [4.69, 9.17) is 4.74 Å². The van der Waals surface area contributed by atoms with E-state index < -0.39 is 0 Å². The number of carbonyl (C=O) groups is 1. The van der Waals surface area contributed by atoms with E-state index in [2.05, 4.69) is 24.5 Å². The van der Waals surface area contributed by atoms with Crippen molar-refractivity contribution >= 4 is 18.3 Å². The normalized spacial score (nSPS) is 17.9. The van der Waals surface area contributed by atoms with Gasteiger partial charge in [0.15, 0.2) is 0 Å². The molecular weight excluding hydrogens is 264 g/mol. The molecule has 1 heterocycles. The van der Waals surface area contributed by atoms with E-state index in [1.165, 1.54) is 0 Å².